The first-order valence-electron chi connectivity index (χ1n) is 1.67. The highest BCUT2D eigenvalue weighted by atomic mass is 35.5. The Morgan fingerprint density at radius 3 is 1.67 bits per heavy atom. The fourth-order valence-electron chi connectivity index (χ4n) is 0. The molecule has 0 aromatic rings. The van der Waals surface area contributed by atoms with Gasteiger partial charge in [-0.1, -0.05) is 0 Å². The molecule has 0 radical (unpaired) electrons. The van der Waals surface area contributed by atoms with Crippen LogP contribution in [0.4, 0.5) is 0 Å². The lowest BCUT2D eigenvalue weighted by Crippen LogP contribution is -3.05. The molecule has 0 aliphatic rings. The van der Waals surface area contributed by atoms with Crippen LogP contribution in [0.15, 0.2) is 0 Å². The van der Waals surface area contributed by atoms with E-state index in [-0.39, 0.29) is 19.1 Å². The molecule has 3 heteroatoms. The number of aliphatic hydroxyl groups excluding tert-OH is 1. The van der Waals surface area contributed by atoms with Crippen molar-refractivity contribution in [2.75, 3.05) is 20.8 Å². The van der Waals surface area contributed by atoms with Crippen molar-refractivity contribution in [3.8, 4) is 0 Å². The van der Waals surface area contributed by atoms with E-state index in [4.69, 9.17) is 5.11 Å². The van der Waals surface area contributed by atoms with Crippen molar-refractivity contribution >= 4 is 0 Å². The summed E-state index contributed by atoms with van der Waals surface area (Å²) in [4.78, 5) is 1.06. The summed E-state index contributed by atoms with van der Waals surface area (Å²) in [7, 11) is 3.78. The quantitative estimate of drug-likeness (QED) is 0.326. The number of halogens is 1. The van der Waals surface area contributed by atoms with E-state index in [0.717, 1.165) is 4.90 Å². The van der Waals surface area contributed by atoms with Crippen molar-refractivity contribution < 1.29 is 22.4 Å². The maximum atomic E-state index is 8.11. The molecular weight excluding hydrogens is 101 g/mol. The maximum Gasteiger partial charge on any atom is 0.178 e. The van der Waals surface area contributed by atoms with Crippen molar-refractivity contribution in [3.63, 3.8) is 0 Å². The Labute approximate surface area is 44.2 Å². The first kappa shape index (κ1) is 9.51. The lowest BCUT2D eigenvalue weighted by Gasteiger charge is -1.96. The van der Waals surface area contributed by atoms with Crippen LogP contribution in [-0.4, -0.2) is 25.9 Å². The van der Waals surface area contributed by atoms with E-state index in [2.05, 4.69) is 0 Å². The standard InChI is InChI=1S/C3H9NO.ClH/c1-4(2)3-5;/h5H,3H2,1-2H3;1H. The van der Waals surface area contributed by atoms with E-state index in [1.165, 1.54) is 0 Å². The zero-order chi connectivity index (χ0) is 4.28. The van der Waals surface area contributed by atoms with Crippen molar-refractivity contribution in [2.24, 2.45) is 0 Å². The fraction of sp³-hybridized carbons (Fsp3) is 1.00. The molecule has 0 aromatic heterocycles. The molecule has 6 heavy (non-hydrogen) atoms. The summed E-state index contributed by atoms with van der Waals surface area (Å²) in [5.74, 6) is 0. The summed E-state index contributed by atoms with van der Waals surface area (Å²) in [6.07, 6.45) is 0. The predicted octanol–water partition coefficient (Wildman–Crippen LogP) is -4.92. The summed E-state index contributed by atoms with van der Waals surface area (Å²) < 4.78 is 0. The largest absolute Gasteiger partial charge is 1.00 e. The number of aliphatic hydroxyl groups is 1. The minimum Gasteiger partial charge on any atom is -1.00 e. The minimum absolute atomic E-state index is 0. The molecule has 0 aromatic carbocycles. The molecule has 0 unspecified atom stereocenters. The molecule has 0 heterocycles. The second-order valence-electron chi connectivity index (χ2n) is 1.37. The van der Waals surface area contributed by atoms with Gasteiger partial charge in [0.2, 0.25) is 0 Å². The van der Waals surface area contributed by atoms with E-state index in [9.17, 15) is 0 Å². The zero-order valence-electron chi connectivity index (χ0n) is 4.03. The Balaban J connectivity index is 0. The third kappa shape index (κ3) is 8.88. The topological polar surface area (TPSA) is 24.7 Å². The molecule has 0 aliphatic heterocycles. The van der Waals surface area contributed by atoms with Gasteiger partial charge >= 0.3 is 0 Å². The van der Waals surface area contributed by atoms with E-state index in [1.807, 2.05) is 14.1 Å². The highest BCUT2D eigenvalue weighted by Crippen LogP contribution is 1.13. The zero-order valence-corrected chi connectivity index (χ0v) is 4.79. The summed E-state index contributed by atoms with van der Waals surface area (Å²) >= 11 is 0. The lowest BCUT2D eigenvalue weighted by atomic mass is 11.0. The normalized spacial score (nSPS) is 8.00. The third-order valence-corrected chi connectivity index (χ3v) is 0.316. The highest BCUT2D eigenvalue weighted by Gasteiger charge is 1.76. The SMILES string of the molecule is C[NH+](C)CO.[Cl-]. The van der Waals surface area contributed by atoms with Gasteiger partial charge in [-0.3, -0.25) is 0 Å². The number of nitrogens with one attached hydrogen (secondary N) is 1. The van der Waals surface area contributed by atoms with Gasteiger partial charge < -0.3 is 22.4 Å². The van der Waals surface area contributed by atoms with Crippen molar-refractivity contribution in [1.29, 1.82) is 0 Å². The summed E-state index contributed by atoms with van der Waals surface area (Å²) in [6.45, 7) is 0.222. The van der Waals surface area contributed by atoms with Crippen molar-refractivity contribution in [1.82, 2.24) is 0 Å². The van der Waals surface area contributed by atoms with Crippen LogP contribution in [0.25, 0.3) is 0 Å². The molecule has 0 rings (SSSR count). The first-order chi connectivity index (χ1) is 2.27. The second-order valence-corrected chi connectivity index (χ2v) is 1.37. The Hall–Kier alpha value is 0.210. The van der Waals surface area contributed by atoms with Gasteiger partial charge in [-0.2, -0.15) is 0 Å². The Morgan fingerprint density at radius 1 is 1.50 bits per heavy atom. The van der Waals surface area contributed by atoms with Gasteiger partial charge in [0, 0.05) is 0 Å². The maximum absolute atomic E-state index is 8.11. The molecule has 2 N–H and O–H groups in total. The second kappa shape index (κ2) is 5.21. The van der Waals surface area contributed by atoms with Gasteiger partial charge in [-0.15, -0.1) is 0 Å². The smallest absolute Gasteiger partial charge is 0.178 e. The van der Waals surface area contributed by atoms with Crippen LogP contribution < -0.4 is 17.3 Å². The number of quaternary nitrogens is 1. The monoisotopic (exact) mass is 111 g/mol. The van der Waals surface area contributed by atoms with Gasteiger partial charge in [0.15, 0.2) is 6.73 Å². The van der Waals surface area contributed by atoms with Gasteiger partial charge in [-0.05, 0) is 0 Å². The summed E-state index contributed by atoms with van der Waals surface area (Å²) in [6, 6.07) is 0. The van der Waals surface area contributed by atoms with E-state index < -0.39 is 0 Å². The summed E-state index contributed by atoms with van der Waals surface area (Å²) in [5, 5.41) is 8.11. The van der Waals surface area contributed by atoms with Crippen molar-refractivity contribution in [2.45, 2.75) is 0 Å². The molecule has 0 fully saturated rings. The number of hydrogen-bond acceptors (Lipinski definition) is 1. The molecule has 0 atom stereocenters. The van der Waals surface area contributed by atoms with E-state index >= 15 is 0 Å². The van der Waals surface area contributed by atoms with Gasteiger partial charge in [-0.25, -0.2) is 0 Å². The fourth-order valence-corrected chi connectivity index (χ4v) is 0. The number of hydrogen-bond donors (Lipinski definition) is 2. The van der Waals surface area contributed by atoms with Crippen molar-refractivity contribution in [3.05, 3.63) is 0 Å². The van der Waals surface area contributed by atoms with Crippen LogP contribution >= 0.6 is 0 Å². The van der Waals surface area contributed by atoms with Gasteiger partial charge in [0.05, 0.1) is 14.1 Å². The molecule has 0 bridgehead atoms. The lowest BCUT2D eigenvalue weighted by molar-refractivity contribution is -0.879. The van der Waals surface area contributed by atoms with Gasteiger partial charge in [0.25, 0.3) is 0 Å². The third-order valence-electron chi connectivity index (χ3n) is 0.316. The number of rotatable bonds is 1. The first-order valence-corrected chi connectivity index (χ1v) is 1.67. The molecule has 0 amide bonds. The molecule has 0 saturated carbocycles. The highest BCUT2D eigenvalue weighted by molar-refractivity contribution is 3.71. The van der Waals surface area contributed by atoms with Crippen LogP contribution in [0, 0.1) is 0 Å². The Bertz CT molecular complexity index is 24.8. The molecule has 2 nitrogen and oxygen atoms in total. The molecular formula is C3H10ClNO. The molecule has 0 aliphatic carbocycles. The minimum atomic E-state index is 0. The molecule has 0 spiro atoms. The average molecular weight is 112 g/mol. The van der Waals surface area contributed by atoms with Gasteiger partial charge in [0.1, 0.15) is 0 Å². The van der Waals surface area contributed by atoms with Crippen LogP contribution in [0.2, 0.25) is 0 Å². The van der Waals surface area contributed by atoms with E-state index in [0.29, 0.717) is 0 Å². The van der Waals surface area contributed by atoms with Crippen LogP contribution in [0.1, 0.15) is 0 Å². The predicted molar refractivity (Wildman–Crippen MR) is 19.9 cm³/mol. The Kier molecular flexibility index (Phi) is 8.26. The summed E-state index contributed by atoms with van der Waals surface area (Å²) in [5.41, 5.74) is 0. The van der Waals surface area contributed by atoms with Crippen LogP contribution in [0.3, 0.4) is 0 Å². The van der Waals surface area contributed by atoms with Crippen LogP contribution in [0.5, 0.6) is 0 Å². The Morgan fingerprint density at radius 2 is 1.67 bits per heavy atom. The van der Waals surface area contributed by atoms with E-state index in [1.54, 1.807) is 0 Å². The average Bonchev–Trinajstić information content (AvgIpc) is 1.38. The molecule has 0 saturated heterocycles. The van der Waals surface area contributed by atoms with Crippen LogP contribution in [-0.2, 0) is 0 Å². The molecule has 40 valence electrons.